The van der Waals surface area contributed by atoms with Crippen molar-refractivity contribution in [3.63, 3.8) is 0 Å². The van der Waals surface area contributed by atoms with Crippen LogP contribution in [0.15, 0.2) is 46.7 Å². The molecule has 2 aliphatic rings. The zero-order chi connectivity index (χ0) is 24.3. The van der Waals surface area contributed by atoms with Gasteiger partial charge in [-0.2, -0.15) is 4.31 Å². The molecule has 0 radical (unpaired) electrons. The van der Waals surface area contributed by atoms with Crippen LogP contribution in [0.3, 0.4) is 0 Å². The van der Waals surface area contributed by atoms with Gasteiger partial charge >= 0.3 is 0 Å². The summed E-state index contributed by atoms with van der Waals surface area (Å²) in [6.45, 7) is 7.29. The summed E-state index contributed by atoms with van der Waals surface area (Å²) in [4.78, 5) is 26.7. The Labute approximate surface area is 201 Å². The summed E-state index contributed by atoms with van der Waals surface area (Å²) in [5.41, 5.74) is 0.183. The summed E-state index contributed by atoms with van der Waals surface area (Å²) in [5, 5.41) is 3.30. The van der Waals surface area contributed by atoms with Crippen LogP contribution in [0.1, 0.15) is 68.6 Å². The van der Waals surface area contributed by atoms with Gasteiger partial charge in [-0.3, -0.25) is 9.59 Å². The second kappa shape index (κ2) is 10.4. The third-order valence-electron chi connectivity index (χ3n) is 7.25. The van der Waals surface area contributed by atoms with Crippen LogP contribution < -0.4 is 10.7 Å². The monoisotopic (exact) mass is 485 g/mol. The molecule has 0 spiro atoms. The van der Waals surface area contributed by atoms with Crippen LogP contribution in [0, 0.1) is 5.92 Å². The molecule has 2 atom stereocenters. The Morgan fingerprint density at radius 2 is 1.82 bits per heavy atom. The maximum atomic E-state index is 13.5. The van der Waals surface area contributed by atoms with E-state index in [-0.39, 0.29) is 21.9 Å². The number of nitrogens with one attached hydrogen (secondary N) is 1. The molecule has 1 saturated heterocycles. The summed E-state index contributed by atoms with van der Waals surface area (Å²) in [6, 6.07) is 4.71. The first-order chi connectivity index (χ1) is 16.3. The highest BCUT2D eigenvalue weighted by Gasteiger charge is 2.28. The SMILES string of the molecule is C=CCn1cc(C(=O)N[C@H]2CCCC[C@H]2C)c(=O)c2cc(S(=O)(=O)N3CCCCCC3)ccc21. The van der Waals surface area contributed by atoms with Crippen molar-refractivity contribution in [3.05, 3.63) is 52.8 Å². The number of rotatable bonds is 6. The molecule has 184 valence electrons. The molecule has 1 aliphatic heterocycles. The van der Waals surface area contributed by atoms with Crippen molar-refractivity contribution in [2.45, 2.75) is 75.8 Å². The lowest BCUT2D eigenvalue weighted by molar-refractivity contribution is 0.0908. The third kappa shape index (κ3) is 4.98. The van der Waals surface area contributed by atoms with Crippen LogP contribution in [-0.4, -0.2) is 42.3 Å². The summed E-state index contributed by atoms with van der Waals surface area (Å²) in [5.74, 6) is -0.0387. The Morgan fingerprint density at radius 1 is 1.12 bits per heavy atom. The minimum absolute atomic E-state index is 0.0384. The minimum atomic E-state index is -3.72. The fourth-order valence-electron chi connectivity index (χ4n) is 5.20. The molecule has 1 saturated carbocycles. The average Bonchev–Trinajstić information content (AvgIpc) is 3.12. The first kappa shape index (κ1) is 24.7. The van der Waals surface area contributed by atoms with Gasteiger partial charge in [-0.1, -0.05) is 38.7 Å². The maximum absolute atomic E-state index is 13.5. The van der Waals surface area contributed by atoms with Gasteiger partial charge in [0.15, 0.2) is 0 Å². The van der Waals surface area contributed by atoms with Gasteiger partial charge < -0.3 is 9.88 Å². The molecule has 1 N–H and O–H groups in total. The highest BCUT2D eigenvalue weighted by molar-refractivity contribution is 7.89. The Morgan fingerprint density at radius 3 is 2.50 bits per heavy atom. The van der Waals surface area contributed by atoms with Crippen molar-refractivity contribution in [1.29, 1.82) is 0 Å². The molecule has 1 aromatic carbocycles. The number of amides is 1. The molecule has 1 aromatic heterocycles. The van der Waals surface area contributed by atoms with Gasteiger partial charge in [-0.25, -0.2) is 8.42 Å². The lowest BCUT2D eigenvalue weighted by Crippen LogP contribution is -2.42. The summed E-state index contributed by atoms with van der Waals surface area (Å²) in [7, 11) is -3.72. The molecule has 34 heavy (non-hydrogen) atoms. The van der Waals surface area contributed by atoms with E-state index in [4.69, 9.17) is 0 Å². The van der Waals surface area contributed by atoms with Crippen molar-refractivity contribution in [2.75, 3.05) is 13.1 Å². The Balaban J connectivity index is 1.76. The van der Waals surface area contributed by atoms with Gasteiger partial charge in [0.25, 0.3) is 5.91 Å². The predicted molar refractivity (Wildman–Crippen MR) is 135 cm³/mol. The second-order valence-corrected chi connectivity index (χ2v) is 11.6. The van der Waals surface area contributed by atoms with Crippen LogP contribution >= 0.6 is 0 Å². The fourth-order valence-corrected chi connectivity index (χ4v) is 6.74. The summed E-state index contributed by atoms with van der Waals surface area (Å²) >= 11 is 0. The number of fused-ring (bicyclic) bond motifs is 1. The topological polar surface area (TPSA) is 88.5 Å². The molecule has 0 unspecified atom stereocenters. The van der Waals surface area contributed by atoms with Crippen molar-refractivity contribution >= 4 is 26.8 Å². The molecule has 1 amide bonds. The zero-order valence-corrected chi connectivity index (χ0v) is 20.8. The quantitative estimate of drug-likeness (QED) is 0.625. The Bertz CT molecular complexity index is 1230. The molecule has 2 fully saturated rings. The Kier molecular flexibility index (Phi) is 7.57. The van der Waals surface area contributed by atoms with Gasteiger partial charge in [0.05, 0.1) is 10.4 Å². The smallest absolute Gasteiger partial charge is 0.256 e. The number of sulfonamides is 1. The third-order valence-corrected chi connectivity index (χ3v) is 9.15. The molecular weight excluding hydrogens is 450 g/mol. The lowest BCUT2D eigenvalue weighted by Gasteiger charge is -2.29. The van der Waals surface area contributed by atoms with E-state index in [1.54, 1.807) is 29.0 Å². The fraction of sp³-hybridized carbons (Fsp3) is 0.538. The van der Waals surface area contributed by atoms with Gasteiger partial charge in [0.2, 0.25) is 15.5 Å². The molecule has 2 heterocycles. The predicted octanol–water partition coefficient (Wildman–Crippen LogP) is 4.06. The zero-order valence-electron chi connectivity index (χ0n) is 20.0. The van der Waals surface area contributed by atoms with E-state index < -0.39 is 21.4 Å². The normalized spacial score (nSPS) is 22.3. The van der Waals surface area contributed by atoms with E-state index in [9.17, 15) is 18.0 Å². The van der Waals surface area contributed by atoms with Gasteiger partial charge in [-0.05, 0) is 49.8 Å². The van der Waals surface area contributed by atoms with Crippen molar-refractivity contribution in [3.8, 4) is 0 Å². The number of benzene rings is 1. The van der Waals surface area contributed by atoms with Gasteiger partial charge in [0, 0.05) is 37.3 Å². The van der Waals surface area contributed by atoms with Crippen molar-refractivity contribution in [1.82, 2.24) is 14.2 Å². The number of carbonyl (C=O) groups excluding carboxylic acids is 1. The van der Waals surface area contributed by atoms with Crippen LogP contribution in [0.4, 0.5) is 0 Å². The maximum Gasteiger partial charge on any atom is 0.256 e. The first-order valence-corrected chi connectivity index (χ1v) is 13.9. The molecule has 4 rings (SSSR count). The van der Waals surface area contributed by atoms with Crippen molar-refractivity contribution in [2.24, 2.45) is 5.92 Å². The number of pyridine rings is 1. The minimum Gasteiger partial charge on any atom is -0.349 e. The number of allylic oxidation sites excluding steroid dienone is 1. The van der Waals surface area contributed by atoms with E-state index in [0.717, 1.165) is 51.4 Å². The van der Waals surface area contributed by atoms with Gasteiger partial charge in [0.1, 0.15) is 5.56 Å². The van der Waals surface area contributed by atoms with E-state index in [2.05, 4.69) is 18.8 Å². The number of nitrogens with zero attached hydrogens (tertiary/aromatic N) is 2. The highest BCUT2D eigenvalue weighted by Crippen LogP contribution is 2.25. The molecule has 7 nitrogen and oxygen atoms in total. The van der Waals surface area contributed by atoms with E-state index in [1.807, 2.05) is 0 Å². The molecule has 0 bridgehead atoms. The molecule has 8 heteroatoms. The average molecular weight is 486 g/mol. The largest absolute Gasteiger partial charge is 0.349 e. The number of aromatic nitrogens is 1. The summed E-state index contributed by atoms with van der Waals surface area (Å²) < 4.78 is 30.0. The van der Waals surface area contributed by atoms with E-state index >= 15 is 0 Å². The lowest BCUT2D eigenvalue weighted by atomic mass is 9.86. The molecular formula is C26H35N3O4S. The molecule has 2 aromatic rings. The van der Waals surface area contributed by atoms with Crippen LogP contribution in [0.5, 0.6) is 0 Å². The van der Waals surface area contributed by atoms with E-state index in [0.29, 0.717) is 31.1 Å². The number of hydrogen-bond acceptors (Lipinski definition) is 4. The second-order valence-electron chi connectivity index (χ2n) is 9.65. The van der Waals surface area contributed by atoms with Crippen LogP contribution in [-0.2, 0) is 16.6 Å². The van der Waals surface area contributed by atoms with Gasteiger partial charge in [-0.15, -0.1) is 6.58 Å². The number of hydrogen-bond donors (Lipinski definition) is 1. The van der Waals surface area contributed by atoms with Crippen molar-refractivity contribution < 1.29 is 13.2 Å². The highest BCUT2D eigenvalue weighted by atomic mass is 32.2. The first-order valence-electron chi connectivity index (χ1n) is 12.4. The molecule has 1 aliphatic carbocycles. The number of carbonyl (C=O) groups is 1. The van der Waals surface area contributed by atoms with Crippen LogP contribution in [0.25, 0.3) is 10.9 Å². The van der Waals surface area contributed by atoms with Crippen LogP contribution in [0.2, 0.25) is 0 Å². The standard InChI is InChI=1S/C26H35N3O4S/c1-3-14-28-18-22(26(31)27-23-11-7-6-10-19(23)2)25(30)21-17-20(12-13-24(21)28)34(32,33)29-15-8-4-5-9-16-29/h3,12-13,17-19,23H,1,4-11,14-16H2,2H3,(H,27,31)/t19-,23+/m1/s1. The summed E-state index contributed by atoms with van der Waals surface area (Å²) in [6.07, 6.45) is 11.2. The Hall–Kier alpha value is -2.45. The van der Waals surface area contributed by atoms with E-state index in [1.165, 1.54) is 10.4 Å².